The number of oxazole rings is 1. The Bertz CT molecular complexity index is 1310. The Hall–Kier alpha value is -3.20. The van der Waals surface area contributed by atoms with Crippen molar-refractivity contribution in [1.82, 2.24) is 14.6 Å². The number of rotatable bonds is 4. The molecule has 1 aromatic heterocycles. The highest BCUT2D eigenvalue weighted by Crippen LogP contribution is 2.30. The predicted molar refractivity (Wildman–Crippen MR) is 124 cm³/mol. The lowest BCUT2D eigenvalue weighted by Gasteiger charge is -2.34. The average molecular weight is 467 g/mol. The van der Waals surface area contributed by atoms with Gasteiger partial charge in [0.25, 0.3) is 10.0 Å². The highest BCUT2D eigenvalue weighted by Gasteiger charge is 2.36. The molecule has 1 unspecified atom stereocenters. The van der Waals surface area contributed by atoms with Crippen LogP contribution in [0.5, 0.6) is 0 Å². The van der Waals surface area contributed by atoms with Crippen LogP contribution in [0.2, 0.25) is 0 Å². The van der Waals surface area contributed by atoms with Crippen LogP contribution in [0.1, 0.15) is 44.1 Å². The summed E-state index contributed by atoms with van der Waals surface area (Å²) >= 11 is 0. The Balaban J connectivity index is 1.40. The maximum atomic E-state index is 13.5. The van der Waals surface area contributed by atoms with E-state index in [4.69, 9.17) is 4.42 Å². The van der Waals surface area contributed by atoms with Crippen LogP contribution in [0, 0.1) is 5.92 Å². The second kappa shape index (κ2) is 8.30. The molecule has 3 heterocycles. The summed E-state index contributed by atoms with van der Waals surface area (Å²) in [6.45, 7) is 4.97. The van der Waals surface area contributed by atoms with Crippen molar-refractivity contribution in [3.63, 3.8) is 0 Å². The monoisotopic (exact) mass is 466 g/mol. The molecular formula is C24H26N4O4S. The summed E-state index contributed by atoms with van der Waals surface area (Å²) in [6, 6.07) is 13.6. The number of carbonyl (C=O) groups excluding carboxylic acids is 1. The number of piperidine rings is 1. The SMILES string of the molecule is CC(C)[C@H](N=C1NS(=O)(=O)c2ccccc21)C(=O)N1CCCC(c2nc3ccccc3o2)C1. The third-order valence-corrected chi connectivity index (χ3v) is 7.61. The van der Waals surface area contributed by atoms with E-state index >= 15 is 0 Å². The number of amides is 1. The van der Waals surface area contributed by atoms with Gasteiger partial charge < -0.3 is 9.32 Å². The van der Waals surface area contributed by atoms with Crippen molar-refractivity contribution in [3.8, 4) is 0 Å². The molecule has 1 fully saturated rings. The number of benzene rings is 2. The lowest BCUT2D eigenvalue weighted by atomic mass is 9.95. The lowest BCUT2D eigenvalue weighted by molar-refractivity contribution is -0.134. The van der Waals surface area contributed by atoms with Gasteiger partial charge in [0.15, 0.2) is 11.5 Å². The normalized spacial score (nSPS) is 21.8. The van der Waals surface area contributed by atoms with Crippen LogP contribution in [0.4, 0.5) is 0 Å². The molecule has 172 valence electrons. The number of fused-ring (bicyclic) bond motifs is 2. The molecule has 0 bridgehead atoms. The fourth-order valence-corrected chi connectivity index (χ4v) is 5.73. The molecule has 2 aromatic carbocycles. The number of nitrogens with one attached hydrogen (secondary N) is 1. The standard InChI is InChI=1S/C24H26N4O4S/c1-15(2)21(26-22-17-9-3-6-12-20(17)33(30,31)27-22)24(29)28-13-7-8-16(14-28)23-25-18-10-4-5-11-19(18)32-23/h3-6,9-12,15-16,21H,7-8,13-14H2,1-2H3,(H,26,27)/t16?,21-/m0/s1. The number of amidine groups is 1. The van der Waals surface area contributed by atoms with Crippen LogP contribution in [-0.4, -0.2) is 49.2 Å². The van der Waals surface area contributed by atoms with Gasteiger partial charge in [0.2, 0.25) is 5.91 Å². The van der Waals surface area contributed by atoms with Gasteiger partial charge in [0.1, 0.15) is 17.4 Å². The zero-order valence-corrected chi connectivity index (χ0v) is 19.4. The van der Waals surface area contributed by atoms with E-state index in [0.29, 0.717) is 24.5 Å². The van der Waals surface area contributed by atoms with Crippen molar-refractivity contribution in [2.75, 3.05) is 13.1 Å². The van der Waals surface area contributed by atoms with E-state index in [1.807, 2.05) is 43.0 Å². The minimum atomic E-state index is -3.66. The van der Waals surface area contributed by atoms with Gasteiger partial charge in [-0.2, -0.15) is 0 Å². The first-order chi connectivity index (χ1) is 15.8. The first-order valence-corrected chi connectivity index (χ1v) is 12.7. The van der Waals surface area contributed by atoms with Crippen molar-refractivity contribution in [2.45, 2.75) is 43.5 Å². The number of likely N-dealkylation sites (tertiary alicyclic amines) is 1. The van der Waals surface area contributed by atoms with E-state index in [9.17, 15) is 13.2 Å². The van der Waals surface area contributed by atoms with Gasteiger partial charge in [-0.15, -0.1) is 0 Å². The minimum absolute atomic E-state index is 0.0151. The van der Waals surface area contributed by atoms with Crippen molar-refractivity contribution in [3.05, 3.63) is 60.0 Å². The van der Waals surface area contributed by atoms with E-state index in [0.717, 1.165) is 23.9 Å². The molecule has 2 aliphatic rings. The van der Waals surface area contributed by atoms with Crippen LogP contribution in [0.15, 0.2) is 62.8 Å². The molecule has 0 spiro atoms. The van der Waals surface area contributed by atoms with Crippen molar-refractivity contribution < 1.29 is 17.6 Å². The number of aliphatic imine (C=N–C) groups is 1. The largest absolute Gasteiger partial charge is 0.440 e. The molecule has 0 radical (unpaired) electrons. The number of carbonyl (C=O) groups is 1. The summed E-state index contributed by atoms with van der Waals surface area (Å²) in [7, 11) is -3.66. The first-order valence-electron chi connectivity index (χ1n) is 11.2. The fourth-order valence-electron chi connectivity index (χ4n) is 4.49. The Kier molecular flexibility index (Phi) is 5.44. The van der Waals surface area contributed by atoms with E-state index in [1.54, 1.807) is 24.3 Å². The van der Waals surface area contributed by atoms with Crippen LogP contribution in [-0.2, 0) is 14.8 Å². The van der Waals surface area contributed by atoms with Gasteiger partial charge in [-0.3, -0.25) is 14.5 Å². The van der Waals surface area contributed by atoms with E-state index in [1.165, 1.54) is 0 Å². The maximum absolute atomic E-state index is 13.5. The van der Waals surface area contributed by atoms with Gasteiger partial charge in [0.05, 0.1) is 10.8 Å². The third-order valence-electron chi connectivity index (χ3n) is 6.21. The second-order valence-electron chi connectivity index (χ2n) is 8.91. The number of nitrogens with zero attached hydrogens (tertiary/aromatic N) is 3. The number of para-hydroxylation sites is 2. The molecule has 0 saturated carbocycles. The summed E-state index contributed by atoms with van der Waals surface area (Å²) in [5, 5.41) is 0. The van der Waals surface area contributed by atoms with E-state index in [-0.39, 0.29) is 28.5 Å². The van der Waals surface area contributed by atoms with E-state index < -0.39 is 16.1 Å². The Morgan fingerprint density at radius 1 is 1.18 bits per heavy atom. The molecule has 1 N–H and O–H groups in total. The highest BCUT2D eigenvalue weighted by molar-refractivity contribution is 7.90. The molecule has 0 aliphatic carbocycles. The number of sulfonamides is 1. The number of hydrogen-bond acceptors (Lipinski definition) is 6. The summed E-state index contributed by atoms with van der Waals surface area (Å²) in [6.07, 6.45) is 1.73. The average Bonchev–Trinajstić information content (AvgIpc) is 3.36. The molecule has 1 saturated heterocycles. The lowest BCUT2D eigenvalue weighted by Crippen LogP contribution is -2.46. The molecule has 8 nitrogen and oxygen atoms in total. The molecule has 3 aromatic rings. The third kappa shape index (κ3) is 4.01. The number of aromatic nitrogens is 1. The highest BCUT2D eigenvalue weighted by atomic mass is 32.2. The smallest absolute Gasteiger partial charge is 0.263 e. The quantitative estimate of drug-likeness (QED) is 0.635. The number of hydrogen-bond donors (Lipinski definition) is 1. The molecule has 2 atom stereocenters. The summed E-state index contributed by atoms with van der Waals surface area (Å²) in [5.41, 5.74) is 2.06. The minimum Gasteiger partial charge on any atom is -0.440 e. The second-order valence-corrected chi connectivity index (χ2v) is 10.6. The zero-order chi connectivity index (χ0) is 23.2. The van der Waals surface area contributed by atoms with Gasteiger partial charge in [-0.25, -0.2) is 13.4 Å². The first kappa shape index (κ1) is 21.6. The molecular weight excluding hydrogens is 440 g/mol. The van der Waals surface area contributed by atoms with Crippen molar-refractivity contribution in [2.24, 2.45) is 10.9 Å². The molecule has 9 heteroatoms. The Morgan fingerprint density at radius 3 is 2.73 bits per heavy atom. The zero-order valence-electron chi connectivity index (χ0n) is 18.6. The fraction of sp³-hybridized carbons (Fsp3) is 0.375. The summed E-state index contributed by atoms with van der Waals surface area (Å²) in [4.78, 5) is 24.8. The van der Waals surface area contributed by atoms with Gasteiger partial charge >= 0.3 is 0 Å². The van der Waals surface area contributed by atoms with Crippen LogP contribution in [0.25, 0.3) is 11.1 Å². The maximum Gasteiger partial charge on any atom is 0.263 e. The molecule has 2 aliphatic heterocycles. The van der Waals surface area contributed by atoms with Crippen molar-refractivity contribution >= 4 is 32.9 Å². The summed E-state index contributed by atoms with van der Waals surface area (Å²) < 4.78 is 33.4. The van der Waals surface area contributed by atoms with Crippen LogP contribution >= 0.6 is 0 Å². The summed E-state index contributed by atoms with van der Waals surface area (Å²) in [5.74, 6) is 0.680. The predicted octanol–water partition coefficient (Wildman–Crippen LogP) is 3.30. The Morgan fingerprint density at radius 2 is 1.94 bits per heavy atom. The molecule has 5 rings (SSSR count). The topological polar surface area (TPSA) is 105 Å². The van der Waals surface area contributed by atoms with Crippen molar-refractivity contribution in [1.29, 1.82) is 0 Å². The molecule has 33 heavy (non-hydrogen) atoms. The van der Waals surface area contributed by atoms with Crippen LogP contribution < -0.4 is 4.72 Å². The van der Waals surface area contributed by atoms with Gasteiger partial charge in [-0.05, 0) is 43.0 Å². The molecule has 1 amide bonds. The van der Waals surface area contributed by atoms with Gasteiger partial charge in [0, 0.05) is 18.7 Å². The van der Waals surface area contributed by atoms with Gasteiger partial charge in [-0.1, -0.05) is 38.1 Å². The Labute approximate surface area is 192 Å². The van der Waals surface area contributed by atoms with Crippen LogP contribution in [0.3, 0.4) is 0 Å². The van der Waals surface area contributed by atoms with E-state index in [2.05, 4.69) is 14.7 Å².